The van der Waals surface area contributed by atoms with Crippen LogP contribution in [0.1, 0.15) is 46.5 Å². The highest BCUT2D eigenvalue weighted by molar-refractivity contribution is 8.00. The van der Waals surface area contributed by atoms with Gasteiger partial charge in [-0.15, -0.1) is 0 Å². The minimum absolute atomic E-state index is 0.0802. The summed E-state index contributed by atoms with van der Waals surface area (Å²) >= 11 is 1.91. The molecule has 1 saturated heterocycles. The minimum atomic E-state index is -0.797. The standard InChI is InChI=1S/C16H27NO3S/c1-4-11-9-12(13(10-11)15(19)20)14(18)17-6-5-16(2,3)21-8-7-17/h11-13H,4-10H2,1-3H3,(H,19,20). The SMILES string of the molecule is CCC1CC(C(=O)O)C(C(=O)N2CCSC(C)(C)CC2)C1. The molecule has 0 aromatic heterocycles. The minimum Gasteiger partial charge on any atom is -0.481 e. The summed E-state index contributed by atoms with van der Waals surface area (Å²) in [6.07, 6.45) is 3.36. The lowest BCUT2D eigenvalue weighted by Gasteiger charge is -2.26. The van der Waals surface area contributed by atoms with Crippen LogP contribution in [0.15, 0.2) is 0 Å². The molecule has 2 rings (SSSR count). The maximum atomic E-state index is 12.8. The number of carboxylic acid groups (broad SMARTS) is 1. The summed E-state index contributed by atoms with van der Waals surface area (Å²) in [4.78, 5) is 26.2. The molecule has 2 aliphatic rings. The Morgan fingerprint density at radius 1 is 1.24 bits per heavy atom. The topological polar surface area (TPSA) is 57.6 Å². The summed E-state index contributed by atoms with van der Waals surface area (Å²) in [5.41, 5.74) is 0. The van der Waals surface area contributed by atoms with Crippen LogP contribution in [0.2, 0.25) is 0 Å². The van der Waals surface area contributed by atoms with Gasteiger partial charge in [0.25, 0.3) is 0 Å². The summed E-state index contributed by atoms with van der Waals surface area (Å²) in [7, 11) is 0. The van der Waals surface area contributed by atoms with Crippen LogP contribution in [0.5, 0.6) is 0 Å². The summed E-state index contributed by atoms with van der Waals surface area (Å²) in [6, 6.07) is 0. The average molecular weight is 313 g/mol. The molecule has 2 fully saturated rings. The molecule has 1 amide bonds. The van der Waals surface area contributed by atoms with Crippen LogP contribution in [0.4, 0.5) is 0 Å². The van der Waals surface area contributed by atoms with Crippen LogP contribution in [0, 0.1) is 17.8 Å². The Balaban J connectivity index is 2.05. The number of carboxylic acids is 1. The molecule has 0 bridgehead atoms. The van der Waals surface area contributed by atoms with Crippen molar-refractivity contribution in [3.63, 3.8) is 0 Å². The molecule has 5 heteroatoms. The predicted octanol–water partition coefficient (Wildman–Crippen LogP) is 2.87. The molecule has 1 aliphatic carbocycles. The third kappa shape index (κ3) is 3.93. The van der Waals surface area contributed by atoms with Crippen LogP contribution >= 0.6 is 11.8 Å². The van der Waals surface area contributed by atoms with Gasteiger partial charge in [-0.1, -0.05) is 27.2 Å². The van der Waals surface area contributed by atoms with Gasteiger partial charge in [-0.25, -0.2) is 0 Å². The molecule has 1 saturated carbocycles. The number of amides is 1. The van der Waals surface area contributed by atoms with Crippen LogP contribution in [0.25, 0.3) is 0 Å². The maximum Gasteiger partial charge on any atom is 0.307 e. The summed E-state index contributed by atoms with van der Waals surface area (Å²) in [6.45, 7) is 8.04. The Labute approximate surface area is 131 Å². The second-order valence-electron chi connectivity index (χ2n) is 6.98. The van der Waals surface area contributed by atoms with Crippen molar-refractivity contribution in [2.45, 2.75) is 51.2 Å². The lowest BCUT2D eigenvalue weighted by atomic mass is 9.94. The maximum absolute atomic E-state index is 12.8. The molecule has 1 heterocycles. The number of thioether (sulfide) groups is 1. The van der Waals surface area contributed by atoms with E-state index in [1.807, 2.05) is 16.7 Å². The molecule has 3 atom stereocenters. The van der Waals surface area contributed by atoms with E-state index in [9.17, 15) is 14.7 Å². The number of hydrogen-bond acceptors (Lipinski definition) is 3. The van der Waals surface area contributed by atoms with E-state index in [4.69, 9.17) is 0 Å². The number of carbonyl (C=O) groups is 2. The Morgan fingerprint density at radius 3 is 2.52 bits per heavy atom. The van der Waals surface area contributed by atoms with Crippen LogP contribution in [0.3, 0.4) is 0 Å². The zero-order valence-electron chi connectivity index (χ0n) is 13.3. The average Bonchev–Trinajstić information content (AvgIpc) is 2.77. The van der Waals surface area contributed by atoms with Crippen LogP contribution in [-0.2, 0) is 9.59 Å². The normalized spacial score (nSPS) is 32.7. The molecular weight excluding hydrogens is 286 g/mol. The van der Waals surface area contributed by atoms with E-state index in [-0.39, 0.29) is 16.6 Å². The molecule has 3 unspecified atom stereocenters. The Bertz CT molecular complexity index is 410. The van der Waals surface area contributed by atoms with E-state index < -0.39 is 11.9 Å². The van der Waals surface area contributed by atoms with Crippen molar-refractivity contribution in [1.82, 2.24) is 4.90 Å². The smallest absolute Gasteiger partial charge is 0.307 e. The van der Waals surface area contributed by atoms with Gasteiger partial charge in [-0.2, -0.15) is 11.8 Å². The molecule has 0 radical (unpaired) electrons. The van der Waals surface area contributed by atoms with Gasteiger partial charge in [0.1, 0.15) is 0 Å². The van der Waals surface area contributed by atoms with Crippen molar-refractivity contribution in [3.8, 4) is 0 Å². The first-order valence-corrected chi connectivity index (χ1v) is 8.98. The molecule has 1 aliphatic heterocycles. The van der Waals surface area contributed by atoms with Gasteiger partial charge in [0.2, 0.25) is 5.91 Å². The van der Waals surface area contributed by atoms with E-state index in [1.165, 1.54) is 0 Å². The molecular formula is C16H27NO3S. The van der Waals surface area contributed by atoms with E-state index in [1.54, 1.807) is 0 Å². The largest absolute Gasteiger partial charge is 0.481 e. The number of nitrogens with zero attached hydrogens (tertiary/aromatic N) is 1. The van der Waals surface area contributed by atoms with Gasteiger partial charge in [0.15, 0.2) is 0 Å². The third-order valence-electron chi connectivity index (χ3n) is 5.02. The van der Waals surface area contributed by atoms with E-state index in [0.29, 0.717) is 12.3 Å². The van der Waals surface area contributed by atoms with Crippen molar-refractivity contribution in [3.05, 3.63) is 0 Å². The van der Waals surface area contributed by atoms with E-state index in [0.717, 1.165) is 38.1 Å². The molecule has 21 heavy (non-hydrogen) atoms. The second kappa shape index (κ2) is 6.59. The fourth-order valence-corrected chi connectivity index (χ4v) is 4.60. The fourth-order valence-electron chi connectivity index (χ4n) is 3.50. The quantitative estimate of drug-likeness (QED) is 0.870. The van der Waals surface area contributed by atoms with Gasteiger partial charge in [0, 0.05) is 23.6 Å². The fraction of sp³-hybridized carbons (Fsp3) is 0.875. The lowest BCUT2D eigenvalue weighted by molar-refractivity contribution is -0.149. The molecule has 0 spiro atoms. The first-order chi connectivity index (χ1) is 9.84. The summed E-state index contributed by atoms with van der Waals surface area (Å²) in [5, 5.41) is 9.41. The predicted molar refractivity (Wildman–Crippen MR) is 85.4 cm³/mol. The summed E-state index contributed by atoms with van der Waals surface area (Å²) in [5.74, 6) is -0.172. The molecule has 0 aromatic carbocycles. The molecule has 0 aromatic rings. The van der Waals surface area contributed by atoms with Crippen molar-refractivity contribution in [2.24, 2.45) is 17.8 Å². The molecule has 4 nitrogen and oxygen atoms in total. The third-order valence-corrected chi connectivity index (χ3v) is 6.39. The lowest BCUT2D eigenvalue weighted by Crippen LogP contribution is -2.40. The molecule has 120 valence electrons. The van der Waals surface area contributed by atoms with Gasteiger partial charge < -0.3 is 10.0 Å². The highest BCUT2D eigenvalue weighted by Gasteiger charge is 2.44. The number of carbonyl (C=O) groups excluding carboxylic acids is 1. The number of aliphatic carboxylic acids is 1. The number of rotatable bonds is 3. The first kappa shape index (κ1) is 16.7. The van der Waals surface area contributed by atoms with Crippen LogP contribution < -0.4 is 0 Å². The zero-order valence-corrected chi connectivity index (χ0v) is 14.1. The van der Waals surface area contributed by atoms with Crippen molar-refractivity contribution in [2.75, 3.05) is 18.8 Å². The van der Waals surface area contributed by atoms with Gasteiger partial charge in [0.05, 0.1) is 11.8 Å². The van der Waals surface area contributed by atoms with E-state index >= 15 is 0 Å². The highest BCUT2D eigenvalue weighted by atomic mass is 32.2. The van der Waals surface area contributed by atoms with E-state index in [2.05, 4.69) is 20.8 Å². The zero-order chi connectivity index (χ0) is 15.6. The Morgan fingerprint density at radius 2 is 1.90 bits per heavy atom. The van der Waals surface area contributed by atoms with Gasteiger partial charge in [-0.3, -0.25) is 9.59 Å². The summed E-state index contributed by atoms with van der Waals surface area (Å²) < 4.78 is 0.211. The highest BCUT2D eigenvalue weighted by Crippen LogP contribution is 2.40. The van der Waals surface area contributed by atoms with Crippen LogP contribution in [-0.4, -0.2) is 45.5 Å². The van der Waals surface area contributed by atoms with Crippen molar-refractivity contribution >= 4 is 23.6 Å². The van der Waals surface area contributed by atoms with Gasteiger partial charge >= 0.3 is 5.97 Å². The van der Waals surface area contributed by atoms with Gasteiger partial charge in [-0.05, 0) is 25.2 Å². The Hall–Kier alpha value is -0.710. The Kier molecular flexibility index (Phi) is 5.23. The second-order valence-corrected chi connectivity index (χ2v) is 8.78. The molecule has 1 N–H and O–H groups in total. The van der Waals surface area contributed by atoms with Crippen molar-refractivity contribution in [1.29, 1.82) is 0 Å². The number of hydrogen-bond donors (Lipinski definition) is 1. The first-order valence-electron chi connectivity index (χ1n) is 7.99. The monoisotopic (exact) mass is 313 g/mol. The van der Waals surface area contributed by atoms with Crippen molar-refractivity contribution < 1.29 is 14.7 Å².